The Morgan fingerprint density at radius 3 is 2.22 bits per heavy atom. The second-order valence-electron chi connectivity index (χ2n) is 6.73. The number of Topliss-reactive ketones (excluding diaryl/α,β-unsaturated/α-hetero) is 1. The highest BCUT2D eigenvalue weighted by Gasteiger charge is 2.20. The zero-order chi connectivity index (χ0) is 18.9. The first-order valence-electron chi connectivity index (χ1n) is 9.45. The molecule has 1 aliphatic rings. The lowest BCUT2D eigenvalue weighted by Crippen LogP contribution is -2.43. The summed E-state index contributed by atoms with van der Waals surface area (Å²) in [6.07, 6.45) is 0.412. The Morgan fingerprint density at radius 2 is 1.56 bits per heavy atom. The number of amides is 1. The van der Waals surface area contributed by atoms with Gasteiger partial charge in [-0.3, -0.25) is 14.5 Å². The minimum atomic E-state index is -0.0959. The molecule has 0 bridgehead atoms. The van der Waals surface area contributed by atoms with Gasteiger partial charge in [0, 0.05) is 38.0 Å². The molecular formula is C22H26N2O3. The Kier molecular flexibility index (Phi) is 7.13. The quantitative estimate of drug-likeness (QED) is 0.730. The lowest BCUT2D eigenvalue weighted by molar-refractivity contribution is -0.122. The summed E-state index contributed by atoms with van der Waals surface area (Å²) in [7, 11) is 0. The van der Waals surface area contributed by atoms with Crippen LogP contribution in [0.25, 0.3) is 0 Å². The first-order chi connectivity index (χ1) is 13.2. The van der Waals surface area contributed by atoms with Crippen LogP contribution in [0.4, 0.5) is 0 Å². The fraction of sp³-hybridized carbons (Fsp3) is 0.364. The average molecular weight is 366 g/mol. The number of nitrogens with one attached hydrogen (secondary N) is 1. The van der Waals surface area contributed by atoms with Crippen LogP contribution in [0.1, 0.15) is 34.8 Å². The van der Waals surface area contributed by atoms with E-state index in [9.17, 15) is 9.59 Å². The molecule has 1 fully saturated rings. The summed E-state index contributed by atoms with van der Waals surface area (Å²) in [4.78, 5) is 27.0. The van der Waals surface area contributed by atoms with Crippen LogP contribution in [0, 0.1) is 0 Å². The van der Waals surface area contributed by atoms with Crippen molar-refractivity contribution < 1.29 is 14.3 Å². The van der Waals surface area contributed by atoms with Crippen molar-refractivity contribution in [2.75, 3.05) is 32.8 Å². The number of hydrogen-bond donors (Lipinski definition) is 1. The van der Waals surface area contributed by atoms with Gasteiger partial charge in [-0.25, -0.2) is 0 Å². The van der Waals surface area contributed by atoms with Gasteiger partial charge in [0.25, 0.3) is 0 Å². The van der Waals surface area contributed by atoms with Crippen molar-refractivity contribution in [3.8, 4) is 0 Å². The molecule has 0 aliphatic carbocycles. The third-order valence-electron chi connectivity index (χ3n) is 4.76. The molecule has 27 heavy (non-hydrogen) atoms. The van der Waals surface area contributed by atoms with E-state index in [1.54, 1.807) is 12.1 Å². The van der Waals surface area contributed by atoms with Crippen molar-refractivity contribution in [2.24, 2.45) is 0 Å². The summed E-state index contributed by atoms with van der Waals surface area (Å²) in [6.45, 7) is 3.92. The molecule has 142 valence electrons. The summed E-state index contributed by atoms with van der Waals surface area (Å²) in [5, 5.41) is 3.11. The summed E-state index contributed by atoms with van der Waals surface area (Å²) < 4.78 is 5.41. The normalized spacial score (nSPS) is 15.9. The van der Waals surface area contributed by atoms with Crippen LogP contribution in [0.5, 0.6) is 0 Å². The Morgan fingerprint density at radius 1 is 0.926 bits per heavy atom. The highest BCUT2D eigenvalue weighted by atomic mass is 16.5. The van der Waals surface area contributed by atoms with Gasteiger partial charge in [-0.05, 0) is 5.56 Å². The molecule has 3 rings (SSSR count). The van der Waals surface area contributed by atoms with Gasteiger partial charge in [-0.2, -0.15) is 0 Å². The molecule has 0 radical (unpaired) electrons. The standard InChI is InChI=1S/C22H26N2O3/c25-21(19-9-5-2-6-10-19)11-12-22(26)23-20(18-7-3-1-4-8-18)17-24-13-15-27-16-14-24/h1-10,20H,11-17H2,(H,23,26)/t20-/m0/s1. The summed E-state index contributed by atoms with van der Waals surface area (Å²) in [6, 6.07) is 19.0. The highest BCUT2D eigenvalue weighted by Crippen LogP contribution is 2.16. The molecule has 5 heteroatoms. The minimum Gasteiger partial charge on any atom is -0.379 e. The second kappa shape index (κ2) is 10.00. The molecule has 0 aromatic heterocycles. The maximum absolute atomic E-state index is 12.5. The van der Waals surface area contributed by atoms with E-state index < -0.39 is 0 Å². The fourth-order valence-corrected chi connectivity index (χ4v) is 3.22. The number of ether oxygens (including phenoxy) is 1. The molecule has 2 aromatic carbocycles. The zero-order valence-electron chi connectivity index (χ0n) is 15.5. The first-order valence-corrected chi connectivity index (χ1v) is 9.45. The van der Waals surface area contributed by atoms with E-state index >= 15 is 0 Å². The van der Waals surface area contributed by atoms with Crippen molar-refractivity contribution in [3.05, 3.63) is 71.8 Å². The van der Waals surface area contributed by atoms with Gasteiger partial charge >= 0.3 is 0 Å². The monoisotopic (exact) mass is 366 g/mol. The number of hydrogen-bond acceptors (Lipinski definition) is 4. The SMILES string of the molecule is O=C(CCC(=O)c1ccccc1)N[C@@H](CN1CCOCC1)c1ccccc1. The van der Waals surface area contributed by atoms with E-state index in [1.807, 2.05) is 48.5 Å². The summed E-state index contributed by atoms with van der Waals surface area (Å²) in [5.74, 6) is -0.100. The molecule has 0 spiro atoms. The van der Waals surface area contributed by atoms with Crippen LogP contribution >= 0.6 is 0 Å². The van der Waals surface area contributed by atoms with Crippen molar-refractivity contribution >= 4 is 11.7 Å². The Bertz CT molecular complexity index is 728. The van der Waals surface area contributed by atoms with Gasteiger partial charge in [-0.15, -0.1) is 0 Å². The lowest BCUT2D eigenvalue weighted by Gasteiger charge is -2.31. The Balaban J connectivity index is 1.57. The molecule has 0 unspecified atom stereocenters. The second-order valence-corrected chi connectivity index (χ2v) is 6.73. The van der Waals surface area contributed by atoms with Crippen LogP contribution in [0.3, 0.4) is 0 Å². The predicted molar refractivity (Wildman–Crippen MR) is 105 cm³/mol. The number of benzene rings is 2. The molecule has 0 saturated carbocycles. The van der Waals surface area contributed by atoms with E-state index in [4.69, 9.17) is 4.74 Å². The number of rotatable bonds is 8. The first kappa shape index (κ1) is 19.3. The van der Waals surface area contributed by atoms with E-state index in [-0.39, 0.29) is 30.6 Å². The number of carbonyl (C=O) groups excluding carboxylic acids is 2. The molecule has 1 aliphatic heterocycles. The lowest BCUT2D eigenvalue weighted by atomic mass is 10.0. The van der Waals surface area contributed by atoms with Crippen LogP contribution in [-0.2, 0) is 9.53 Å². The number of nitrogens with zero attached hydrogens (tertiary/aromatic N) is 1. The summed E-state index contributed by atoms with van der Waals surface area (Å²) >= 11 is 0. The topological polar surface area (TPSA) is 58.6 Å². The van der Waals surface area contributed by atoms with Crippen LogP contribution in [0.2, 0.25) is 0 Å². The van der Waals surface area contributed by atoms with Crippen LogP contribution in [0.15, 0.2) is 60.7 Å². The smallest absolute Gasteiger partial charge is 0.220 e. The number of morpholine rings is 1. The van der Waals surface area contributed by atoms with Gasteiger partial charge < -0.3 is 10.1 Å². The van der Waals surface area contributed by atoms with Gasteiger partial charge in [0.1, 0.15) is 0 Å². The third-order valence-corrected chi connectivity index (χ3v) is 4.76. The molecule has 1 atom stereocenters. The maximum atomic E-state index is 12.5. The van der Waals surface area contributed by atoms with Crippen molar-refractivity contribution in [2.45, 2.75) is 18.9 Å². The third kappa shape index (κ3) is 6.01. The average Bonchev–Trinajstić information content (AvgIpc) is 2.73. The van der Waals surface area contributed by atoms with Crippen LogP contribution in [-0.4, -0.2) is 49.4 Å². The van der Waals surface area contributed by atoms with Crippen molar-refractivity contribution in [1.29, 1.82) is 0 Å². The maximum Gasteiger partial charge on any atom is 0.220 e. The van der Waals surface area contributed by atoms with Gasteiger partial charge in [0.2, 0.25) is 5.91 Å². The molecular weight excluding hydrogens is 340 g/mol. The molecule has 1 N–H and O–H groups in total. The Hall–Kier alpha value is -2.50. The molecule has 1 amide bonds. The molecule has 1 heterocycles. The van der Waals surface area contributed by atoms with E-state index in [1.165, 1.54) is 0 Å². The largest absolute Gasteiger partial charge is 0.379 e. The van der Waals surface area contributed by atoms with Gasteiger partial charge in [0.15, 0.2) is 5.78 Å². The summed E-state index contributed by atoms with van der Waals surface area (Å²) in [5.41, 5.74) is 1.73. The van der Waals surface area contributed by atoms with E-state index in [2.05, 4.69) is 10.2 Å². The van der Waals surface area contributed by atoms with Crippen LogP contribution < -0.4 is 5.32 Å². The van der Waals surface area contributed by atoms with Gasteiger partial charge in [0.05, 0.1) is 19.3 Å². The highest BCUT2D eigenvalue weighted by molar-refractivity contribution is 5.97. The minimum absolute atomic E-state index is 0.00445. The predicted octanol–water partition coefficient (Wildman–Crippen LogP) is 2.84. The van der Waals surface area contributed by atoms with Crippen molar-refractivity contribution in [3.63, 3.8) is 0 Å². The van der Waals surface area contributed by atoms with E-state index in [0.717, 1.165) is 38.4 Å². The van der Waals surface area contributed by atoms with E-state index in [0.29, 0.717) is 5.56 Å². The number of ketones is 1. The Labute approximate surface area is 160 Å². The van der Waals surface area contributed by atoms with Crippen molar-refractivity contribution in [1.82, 2.24) is 10.2 Å². The molecule has 1 saturated heterocycles. The molecule has 5 nitrogen and oxygen atoms in total. The fourth-order valence-electron chi connectivity index (χ4n) is 3.22. The zero-order valence-corrected chi connectivity index (χ0v) is 15.5. The number of carbonyl (C=O) groups is 2. The van der Waals surface area contributed by atoms with Gasteiger partial charge in [-0.1, -0.05) is 60.7 Å². The molecule has 2 aromatic rings.